The molecule has 0 N–H and O–H groups in total. The molecule has 8 heteroatoms. The molecule has 0 radical (unpaired) electrons. The van der Waals surface area contributed by atoms with Crippen LogP contribution >= 0.6 is 11.6 Å². The van der Waals surface area contributed by atoms with Gasteiger partial charge in [-0.2, -0.15) is 26.3 Å². The Labute approximate surface area is 122 Å². The monoisotopic (exact) mass is 334 g/mol. The lowest BCUT2D eigenvalue weighted by Gasteiger charge is -2.27. The number of methoxy groups -OCH3 is 1. The van der Waals surface area contributed by atoms with Crippen LogP contribution in [0.15, 0.2) is 12.1 Å². The Bertz CT molecular complexity index is 471. The van der Waals surface area contributed by atoms with Crippen LogP contribution in [0.3, 0.4) is 0 Å². The first-order chi connectivity index (χ1) is 9.39. The van der Waals surface area contributed by atoms with E-state index in [1.165, 1.54) is 33.1 Å². The summed E-state index contributed by atoms with van der Waals surface area (Å²) in [6, 6.07) is 2.35. The number of aryl methyl sites for hydroxylation is 2. The molecule has 1 nitrogen and oxygen atoms in total. The van der Waals surface area contributed by atoms with Gasteiger partial charge in [0.05, 0.1) is 12.5 Å². The molecule has 0 aliphatic rings. The number of hydrogen-bond donors (Lipinski definition) is 0. The summed E-state index contributed by atoms with van der Waals surface area (Å²) >= 11 is 5.50. The molecule has 0 aromatic heterocycles. The standard InChI is InChI=1S/C13H13ClF6O/c1-6-4-8(5-7(2)10(6)21-3)9(14)11(12(15,16)17)13(18,19)20/h4-5,9,11H,1-3H3. The largest absolute Gasteiger partial charge is 0.496 e. The van der Waals surface area contributed by atoms with Gasteiger partial charge >= 0.3 is 12.4 Å². The molecule has 21 heavy (non-hydrogen) atoms. The van der Waals surface area contributed by atoms with Crippen molar-refractivity contribution in [3.05, 3.63) is 28.8 Å². The highest BCUT2D eigenvalue weighted by Gasteiger charge is 2.60. The second kappa shape index (κ2) is 5.94. The van der Waals surface area contributed by atoms with Crippen molar-refractivity contribution in [2.75, 3.05) is 7.11 Å². The van der Waals surface area contributed by atoms with Crippen molar-refractivity contribution < 1.29 is 31.1 Å². The van der Waals surface area contributed by atoms with Crippen LogP contribution < -0.4 is 4.74 Å². The van der Waals surface area contributed by atoms with E-state index in [2.05, 4.69) is 0 Å². The number of benzene rings is 1. The zero-order valence-corrected chi connectivity index (χ0v) is 12.1. The molecule has 1 unspecified atom stereocenters. The molecule has 1 aromatic rings. The van der Waals surface area contributed by atoms with Crippen LogP contribution in [0.1, 0.15) is 22.1 Å². The molecule has 0 fully saturated rings. The molecular weight excluding hydrogens is 322 g/mol. The fraction of sp³-hybridized carbons (Fsp3) is 0.538. The smallest absolute Gasteiger partial charge is 0.402 e. The van der Waals surface area contributed by atoms with Crippen molar-refractivity contribution in [1.29, 1.82) is 0 Å². The van der Waals surface area contributed by atoms with Gasteiger partial charge in [-0.3, -0.25) is 0 Å². The minimum Gasteiger partial charge on any atom is -0.496 e. The van der Waals surface area contributed by atoms with Gasteiger partial charge in [-0.1, -0.05) is 12.1 Å². The summed E-state index contributed by atoms with van der Waals surface area (Å²) in [4.78, 5) is 0. The number of halogens is 7. The molecule has 1 aromatic carbocycles. The molecule has 0 bridgehead atoms. The van der Waals surface area contributed by atoms with Crippen molar-refractivity contribution in [3.8, 4) is 5.75 Å². The Hall–Kier alpha value is -1.11. The average Bonchev–Trinajstić information content (AvgIpc) is 2.24. The maximum atomic E-state index is 12.7. The number of rotatable bonds is 3. The lowest BCUT2D eigenvalue weighted by Crippen LogP contribution is -2.39. The van der Waals surface area contributed by atoms with Crippen LogP contribution in [0.4, 0.5) is 26.3 Å². The molecule has 1 rings (SSSR count). The molecule has 0 aliphatic heterocycles. The molecule has 0 saturated heterocycles. The van der Waals surface area contributed by atoms with Gasteiger partial charge in [-0.15, -0.1) is 11.6 Å². The van der Waals surface area contributed by atoms with Crippen LogP contribution in [-0.2, 0) is 0 Å². The Morgan fingerprint density at radius 1 is 0.952 bits per heavy atom. The Balaban J connectivity index is 3.32. The number of alkyl halides is 7. The van der Waals surface area contributed by atoms with E-state index in [4.69, 9.17) is 16.3 Å². The van der Waals surface area contributed by atoms with Gasteiger partial charge in [-0.05, 0) is 30.5 Å². The highest BCUT2D eigenvalue weighted by Crippen LogP contribution is 2.49. The van der Waals surface area contributed by atoms with Crippen molar-refractivity contribution in [1.82, 2.24) is 0 Å². The second-order valence-electron chi connectivity index (χ2n) is 4.65. The summed E-state index contributed by atoms with van der Waals surface area (Å²) in [5.41, 5.74) is 0.592. The highest BCUT2D eigenvalue weighted by atomic mass is 35.5. The van der Waals surface area contributed by atoms with Crippen LogP contribution in [-0.4, -0.2) is 19.5 Å². The van der Waals surface area contributed by atoms with Gasteiger partial charge < -0.3 is 4.74 Å². The Morgan fingerprint density at radius 2 is 1.33 bits per heavy atom. The van der Waals surface area contributed by atoms with Crippen LogP contribution in [0.2, 0.25) is 0 Å². The van der Waals surface area contributed by atoms with Crippen LogP contribution in [0.25, 0.3) is 0 Å². The van der Waals surface area contributed by atoms with E-state index in [0.717, 1.165) is 0 Å². The van der Waals surface area contributed by atoms with Crippen molar-refractivity contribution >= 4 is 11.6 Å². The Kier molecular flexibility index (Phi) is 5.08. The third-order valence-electron chi connectivity index (χ3n) is 3.00. The second-order valence-corrected chi connectivity index (χ2v) is 5.12. The summed E-state index contributed by atoms with van der Waals surface area (Å²) in [6.45, 7) is 3.05. The van der Waals surface area contributed by atoms with Gasteiger partial charge in [0.25, 0.3) is 0 Å². The van der Waals surface area contributed by atoms with Gasteiger partial charge in [-0.25, -0.2) is 0 Å². The maximum absolute atomic E-state index is 12.7. The fourth-order valence-electron chi connectivity index (χ4n) is 2.17. The molecule has 120 valence electrons. The van der Waals surface area contributed by atoms with Gasteiger partial charge in [0.1, 0.15) is 5.75 Å². The first-order valence-corrected chi connectivity index (χ1v) is 6.25. The van der Waals surface area contributed by atoms with Gasteiger partial charge in [0.2, 0.25) is 0 Å². The molecule has 0 spiro atoms. The lowest BCUT2D eigenvalue weighted by molar-refractivity contribution is -0.284. The Morgan fingerprint density at radius 3 is 1.62 bits per heavy atom. The number of ether oxygens (including phenoxy) is 1. The normalized spacial score (nSPS) is 14.4. The molecule has 0 aliphatic carbocycles. The third kappa shape index (κ3) is 3.96. The predicted molar refractivity (Wildman–Crippen MR) is 66.7 cm³/mol. The molecule has 1 atom stereocenters. The van der Waals surface area contributed by atoms with E-state index in [-0.39, 0.29) is 5.56 Å². The van der Waals surface area contributed by atoms with Crippen molar-refractivity contribution in [2.45, 2.75) is 31.6 Å². The minimum atomic E-state index is -5.48. The predicted octanol–water partition coefficient (Wildman–Crippen LogP) is 5.33. The molecule has 0 amide bonds. The fourth-order valence-corrected chi connectivity index (χ4v) is 2.59. The summed E-state index contributed by atoms with van der Waals surface area (Å²) in [7, 11) is 1.36. The molecule has 0 saturated carbocycles. The summed E-state index contributed by atoms with van der Waals surface area (Å²) in [6.07, 6.45) is -11.0. The zero-order valence-electron chi connectivity index (χ0n) is 11.4. The zero-order chi connectivity index (χ0) is 16.6. The van der Waals surface area contributed by atoms with Crippen LogP contribution in [0.5, 0.6) is 5.75 Å². The molecular formula is C13H13ClF6O. The van der Waals surface area contributed by atoms with Crippen molar-refractivity contribution in [2.24, 2.45) is 5.92 Å². The van der Waals surface area contributed by atoms with E-state index >= 15 is 0 Å². The first-order valence-electron chi connectivity index (χ1n) is 5.82. The van der Waals surface area contributed by atoms with E-state index in [1.54, 1.807) is 0 Å². The highest BCUT2D eigenvalue weighted by molar-refractivity contribution is 6.21. The van der Waals surface area contributed by atoms with E-state index in [9.17, 15) is 26.3 Å². The summed E-state index contributed by atoms with van der Waals surface area (Å²) in [5.74, 6) is -3.22. The van der Waals surface area contributed by atoms with E-state index in [0.29, 0.717) is 16.9 Å². The maximum Gasteiger partial charge on any atom is 0.402 e. The van der Waals surface area contributed by atoms with Gasteiger partial charge in [0.15, 0.2) is 5.92 Å². The lowest BCUT2D eigenvalue weighted by atomic mass is 9.94. The quantitative estimate of drug-likeness (QED) is 0.536. The van der Waals surface area contributed by atoms with E-state index in [1.807, 2.05) is 0 Å². The topological polar surface area (TPSA) is 9.23 Å². The molecule has 0 heterocycles. The van der Waals surface area contributed by atoms with Crippen molar-refractivity contribution in [3.63, 3.8) is 0 Å². The SMILES string of the molecule is COc1c(C)cc(C(Cl)C(C(F)(F)F)C(F)(F)F)cc1C. The summed E-state index contributed by atoms with van der Waals surface area (Å²) in [5, 5.41) is -2.26. The number of hydrogen-bond acceptors (Lipinski definition) is 1. The summed E-state index contributed by atoms with van der Waals surface area (Å²) < 4.78 is 81.0. The average molecular weight is 335 g/mol. The van der Waals surface area contributed by atoms with Gasteiger partial charge in [0, 0.05) is 0 Å². The first kappa shape index (κ1) is 17.9. The van der Waals surface area contributed by atoms with E-state index < -0.39 is 23.6 Å². The van der Waals surface area contributed by atoms with Crippen LogP contribution in [0, 0.1) is 19.8 Å². The third-order valence-corrected chi connectivity index (χ3v) is 3.51. The minimum absolute atomic E-state index is 0.243.